The number of H-pyrrole nitrogens is 1. The molecule has 0 fully saturated rings. The molecule has 1 heterocycles. The Balaban J connectivity index is 2.09. The average Bonchev–Trinajstić information content (AvgIpc) is 2.85. The van der Waals surface area contributed by atoms with E-state index in [1.54, 1.807) is 11.5 Å². The second-order valence-electron chi connectivity index (χ2n) is 5.46. The molecular formula is C16H22N4O2S. The van der Waals surface area contributed by atoms with E-state index in [2.05, 4.69) is 15.5 Å². The fourth-order valence-corrected chi connectivity index (χ4v) is 3.03. The minimum atomic E-state index is -0.360. The summed E-state index contributed by atoms with van der Waals surface area (Å²) >= 11 is 1.28. The van der Waals surface area contributed by atoms with Crippen molar-refractivity contribution in [2.45, 2.75) is 51.1 Å². The molecule has 7 heteroatoms. The number of aromatic nitrogens is 3. The Kier molecular flexibility index (Phi) is 5.65. The average molecular weight is 334 g/mol. The van der Waals surface area contributed by atoms with Crippen molar-refractivity contribution in [1.29, 1.82) is 0 Å². The van der Waals surface area contributed by atoms with Crippen LogP contribution in [0.4, 0.5) is 5.69 Å². The van der Waals surface area contributed by atoms with Gasteiger partial charge in [0.25, 0.3) is 0 Å². The summed E-state index contributed by atoms with van der Waals surface area (Å²) in [7, 11) is 0. The zero-order valence-electron chi connectivity index (χ0n) is 13.8. The van der Waals surface area contributed by atoms with E-state index in [9.17, 15) is 9.59 Å². The molecule has 0 radical (unpaired) electrons. The van der Waals surface area contributed by atoms with Crippen molar-refractivity contribution in [3.63, 3.8) is 0 Å². The number of carbonyl (C=O) groups excluding carboxylic acids is 1. The zero-order chi connectivity index (χ0) is 17.0. The lowest BCUT2D eigenvalue weighted by molar-refractivity contribution is -0.115. The van der Waals surface area contributed by atoms with Crippen LogP contribution in [-0.4, -0.2) is 25.9 Å². The maximum absolute atomic E-state index is 12.4. The second kappa shape index (κ2) is 7.50. The van der Waals surface area contributed by atoms with Gasteiger partial charge in [0.05, 0.1) is 5.25 Å². The van der Waals surface area contributed by atoms with Crippen LogP contribution < -0.4 is 11.0 Å². The molecule has 1 unspecified atom stereocenters. The SMILES string of the molecule is CCCn1c(SC(C)C(=O)Nc2cccc(C)c2C)n[nH]c1=O. The topological polar surface area (TPSA) is 79.8 Å². The standard InChI is InChI=1S/C16H22N4O2S/c1-5-9-20-15(22)18-19-16(20)23-12(4)14(21)17-13-8-6-7-10(2)11(13)3/h6-8,12H,5,9H2,1-4H3,(H,17,21)(H,18,22). The molecule has 0 aliphatic carbocycles. The van der Waals surface area contributed by atoms with Crippen LogP contribution in [0.2, 0.25) is 0 Å². The quantitative estimate of drug-likeness (QED) is 0.796. The minimum absolute atomic E-state index is 0.109. The van der Waals surface area contributed by atoms with Crippen molar-refractivity contribution in [1.82, 2.24) is 14.8 Å². The predicted molar refractivity (Wildman–Crippen MR) is 93.0 cm³/mol. The molecular weight excluding hydrogens is 312 g/mol. The Bertz CT molecular complexity index is 751. The Labute approximate surface area is 139 Å². The predicted octanol–water partition coefficient (Wildman–Crippen LogP) is 2.72. The number of benzene rings is 1. The highest BCUT2D eigenvalue weighted by atomic mass is 32.2. The van der Waals surface area contributed by atoms with E-state index in [-0.39, 0.29) is 16.8 Å². The summed E-state index contributed by atoms with van der Waals surface area (Å²) in [6.07, 6.45) is 0.829. The Morgan fingerprint density at radius 2 is 2.17 bits per heavy atom. The smallest absolute Gasteiger partial charge is 0.325 e. The van der Waals surface area contributed by atoms with Gasteiger partial charge in [-0.25, -0.2) is 9.89 Å². The minimum Gasteiger partial charge on any atom is -0.325 e. The molecule has 23 heavy (non-hydrogen) atoms. The van der Waals surface area contributed by atoms with Crippen LogP contribution in [0.1, 0.15) is 31.4 Å². The number of hydrogen-bond donors (Lipinski definition) is 2. The van der Waals surface area contributed by atoms with Crippen molar-refractivity contribution < 1.29 is 4.79 Å². The van der Waals surface area contributed by atoms with Gasteiger partial charge in [0.1, 0.15) is 0 Å². The van der Waals surface area contributed by atoms with Crippen molar-refractivity contribution in [3.05, 3.63) is 39.8 Å². The number of amides is 1. The van der Waals surface area contributed by atoms with Crippen LogP contribution in [0.3, 0.4) is 0 Å². The van der Waals surface area contributed by atoms with Gasteiger partial charge in [0.2, 0.25) is 5.91 Å². The summed E-state index contributed by atoms with van der Waals surface area (Å²) in [4.78, 5) is 24.1. The summed E-state index contributed by atoms with van der Waals surface area (Å²) in [5.41, 5.74) is 2.76. The lowest BCUT2D eigenvalue weighted by atomic mass is 10.1. The number of carbonyl (C=O) groups is 1. The molecule has 0 saturated carbocycles. The second-order valence-corrected chi connectivity index (χ2v) is 6.77. The molecule has 0 saturated heterocycles. The third-order valence-electron chi connectivity index (χ3n) is 3.68. The fourth-order valence-electron chi connectivity index (χ4n) is 2.15. The van der Waals surface area contributed by atoms with E-state index in [0.717, 1.165) is 23.2 Å². The monoisotopic (exact) mass is 334 g/mol. The summed E-state index contributed by atoms with van der Waals surface area (Å²) in [6, 6.07) is 5.82. The van der Waals surface area contributed by atoms with Crippen LogP contribution in [-0.2, 0) is 11.3 Å². The lowest BCUT2D eigenvalue weighted by Gasteiger charge is -2.14. The van der Waals surface area contributed by atoms with E-state index in [1.165, 1.54) is 11.8 Å². The molecule has 2 aromatic rings. The number of thioether (sulfide) groups is 1. The molecule has 1 amide bonds. The largest absolute Gasteiger partial charge is 0.343 e. The molecule has 0 spiro atoms. The molecule has 124 valence electrons. The summed E-state index contributed by atoms with van der Waals surface area (Å²) in [6.45, 7) is 8.37. The van der Waals surface area contributed by atoms with Gasteiger partial charge in [-0.3, -0.25) is 9.36 Å². The van der Waals surface area contributed by atoms with Crippen LogP contribution >= 0.6 is 11.8 Å². The van der Waals surface area contributed by atoms with E-state index in [0.29, 0.717) is 11.7 Å². The Hall–Kier alpha value is -2.02. The van der Waals surface area contributed by atoms with Gasteiger partial charge in [0, 0.05) is 12.2 Å². The summed E-state index contributed by atoms with van der Waals surface area (Å²) in [5, 5.41) is 9.57. The van der Waals surface area contributed by atoms with Crippen LogP contribution in [0.25, 0.3) is 0 Å². The van der Waals surface area contributed by atoms with Crippen LogP contribution in [0, 0.1) is 13.8 Å². The molecule has 1 aromatic heterocycles. The maximum atomic E-state index is 12.4. The first-order valence-corrected chi connectivity index (χ1v) is 8.51. The lowest BCUT2D eigenvalue weighted by Crippen LogP contribution is -2.24. The number of nitrogens with zero attached hydrogens (tertiary/aromatic N) is 2. The van der Waals surface area contributed by atoms with Crippen LogP contribution in [0.5, 0.6) is 0 Å². The molecule has 0 bridgehead atoms. The van der Waals surface area contributed by atoms with E-state index in [1.807, 2.05) is 39.0 Å². The maximum Gasteiger partial charge on any atom is 0.343 e. The van der Waals surface area contributed by atoms with Gasteiger partial charge in [0.15, 0.2) is 5.16 Å². The zero-order valence-corrected chi connectivity index (χ0v) is 14.7. The highest BCUT2D eigenvalue weighted by molar-refractivity contribution is 8.00. The fraction of sp³-hybridized carbons (Fsp3) is 0.438. The molecule has 1 aromatic carbocycles. The van der Waals surface area contributed by atoms with Gasteiger partial charge < -0.3 is 5.32 Å². The van der Waals surface area contributed by atoms with Gasteiger partial charge in [-0.15, -0.1) is 5.10 Å². The number of nitrogens with one attached hydrogen (secondary N) is 2. The summed E-state index contributed by atoms with van der Waals surface area (Å²) < 4.78 is 1.56. The number of aromatic amines is 1. The first kappa shape index (κ1) is 17.3. The first-order valence-electron chi connectivity index (χ1n) is 7.63. The van der Waals surface area contributed by atoms with E-state index in [4.69, 9.17) is 0 Å². The van der Waals surface area contributed by atoms with E-state index >= 15 is 0 Å². The van der Waals surface area contributed by atoms with Crippen molar-refractivity contribution in [2.75, 3.05) is 5.32 Å². The van der Waals surface area contributed by atoms with Gasteiger partial charge in [-0.2, -0.15) is 0 Å². The van der Waals surface area contributed by atoms with E-state index < -0.39 is 0 Å². The summed E-state index contributed by atoms with van der Waals surface area (Å²) in [5.74, 6) is -0.109. The Morgan fingerprint density at radius 1 is 1.43 bits per heavy atom. The highest BCUT2D eigenvalue weighted by Crippen LogP contribution is 2.23. The highest BCUT2D eigenvalue weighted by Gasteiger charge is 2.19. The first-order chi connectivity index (χ1) is 10.9. The third-order valence-corrected chi connectivity index (χ3v) is 4.77. The van der Waals surface area contributed by atoms with Crippen LogP contribution in [0.15, 0.2) is 28.2 Å². The van der Waals surface area contributed by atoms with Crippen molar-refractivity contribution in [2.24, 2.45) is 0 Å². The third kappa shape index (κ3) is 4.04. The molecule has 2 N–H and O–H groups in total. The Morgan fingerprint density at radius 3 is 2.87 bits per heavy atom. The normalized spacial score (nSPS) is 12.2. The molecule has 0 aliphatic rings. The molecule has 2 rings (SSSR count). The van der Waals surface area contributed by atoms with Gasteiger partial charge >= 0.3 is 5.69 Å². The van der Waals surface area contributed by atoms with Crippen molar-refractivity contribution >= 4 is 23.4 Å². The molecule has 1 atom stereocenters. The number of anilines is 1. The number of aryl methyl sites for hydroxylation is 1. The molecule has 0 aliphatic heterocycles. The molecule has 6 nitrogen and oxygen atoms in total. The van der Waals surface area contributed by atoms with Crippen molar-refractivity contribution in [3.8, 4) is 0 Å². The number of rotatable bonds is 6. The number of hydrogen-bond acceptors (Lipinski definition) is 4. The van der Waals surface area contributed by atoms with Gasteiger partial charge in [-0.05, 0) is 44.4 Å². The van der Waals surface area contributed by atoms with Gasteiger partial charge in [-0.1, -0.05) is 30.8 Å².